The molecule has 3 rings (SSSR count). The van der Waals surface area contributed by atoms with Gasteiger partial charge >= 0.3 is 6.18 Å². The predicted octanol–water partition coefficient (Wildman–Crippen LogP) is 5.73. The number of benzene rings is 3. The Kier molecular flexibility index (Phi) is 4.80. The first-order valence-corrected chi connectivity index (χ1v) is 7.90. The highest BCUT2D eigenvalue weighted by molar-refractivity contribution is 6.08. The van der Waals surface area contributed by atoms with Crippen LogP contribution < -0.4 is 5.32 Å². The lowest BCUT2D eigenvalue weighted by atomic mass is 9.96. The van der Waals surface area contributed by atoms with Crippen molar-refractivity contribution in [2.24, 2.45) is 0 Å². The molecule has 0 saturated carbocycles. The predicted molar refractivity (Wildman–Crippen MR) is 94.8 cm³/mol. The van der Waals surface area contributed by atoms with Gasteiger partial charge in [-0.2, -0.15) is 13.2 Å². The average Bonchev–Trinajstić information content (AvgIpc) is 2.62. The molecule has 0 fully saturated rings. The summed E-state index contributed by atoms with van der Waals surface area (Å²) in [6.45, 7) is 1.86. The van der Waals surface area contributed by atoms with Crippen molar-refractivity contribution in [3.05, 3.63) is 89.5 Å². The van der Waals surface area contributed by atoms with Gasteiger partial charge in [0.1, 0.15) is 0 Å². The largest absolute Gasteiger partial charge is 0.416 e. The second-order valence-electron chi connectivity index (χ2n) is 5.87. The Hall–Kier alpha value is -3.08. The molecule has 3 aromatic carbocycles. The Bertz CT molecular complexity index is 916. The molecular formula is C21H15F3NO. The molecule has 2 nitrogen and oxygen atoms in total. The summed E-state index contributed by atoms with van der Waals surface area (Å²) in [7, 11) is 0. The van der Waals surface area contributed by atoms with Crippen LogP contribution in [0, 0.1) is 13.0 Å². The van der Waals surface area contributed by atoms with Gasteiger partial charge in [0.25, 0.3) is 5.91 Å². The van der Waals surface area contributed by atoms with Crippen LogP contribution in [0.1, 0.15) is 21.5 Å². The van der Waals surface area contributed by atoms with Crippen molar-refractivity contribution in [1.29, 1.82) is 0 Å². The van der Waals surface area contributed by atoms with Crippen LogP contribution in [0.2, 0.25) is 0 Å². The number of rotatable bonds is 3. The van der Waals surface area contributed by atoms with Crippen molar-refractivity contribution in [3.8, 4) is 11.1 Å². The summed E-state index contributed by atoms with van der Waals surface area (Å²) in [5.74, 6) is -0.328. The minimum absolute atomic E-state index is 0.328. The Morgan fingerprint density at radius 3 is 2.23 bits per heavy atom. The number of aryl methyl sites for hydroxylation is 1. The van der Waals surface area contributed by atoms with Crippen LogP contribution in [0.25, 0.3) is 11.1 Å². The smallest absolute Gasteiger partial charge is 0.322 e. The first kappa shape index (κ1) is 17.7. The van der Waals surface area contributed by atoms with Gasteiger partial charge < -0.3 is 5.32 Å². The van der Waals surface area contributed by atoms with Crippen LogP contribution in [0.5, 0.6) is 0 Å². The second kappa shape index (κ2) is 7.04. The highest BCUT2D eigenvalue weighted by Gasteiger charge is 2.30. The van der Waals surface area contributed by atoms with Crippen molar-refractivity contribution in [1.82, 2.24) is 0 Å². The molecule has 26 heavy (non-hydrogen) atoms. The zero-order chi connectivity index (χ0) is 18.7. The number of halogens is 3. The van der Waals surface area contributed by atoms with Crippen LogP contribution in [0.3, 0.4) is 0 Å². The van der Waals surface area contributed by atoms with Gasteiger partial charge in [-0.15, -0.1) is 0 Å². The van der Waals surface area contributed by atoms with Gasteiger partial charge in [0.15, 0.2) is 0 Å². The molecule has 0 atom stereocenters. The minimum atomic E-state index is -4.39. The number of anilines is 1. The van der Waals surface area contributed by atoms with E-state index < -0.39 is 11.7 Å². The highest BCUT2D eigenvalue weighted by Crippen LogP contribution is 2.32. The quantitative estimate of drug-likeness (QED) is 0.639. The van der Waals surface area contributed by atoms with Gasteiger partial charge in [-0.05, 0) is 54.4 Å². The van der Waals surface area contributed by atoms with Crippen LogP contribution in [-0.2, 0) is 6.18 Å². The van der Waals surface area contributed by atoms with Crippen molar-refractivity contribution < 1.29 is 18.0 Å². The lowest BCUT2D eigenvalue weighted by Gasteiger charge is -2.13. The molecule has 0 spiro atoms. The Balaban J connectivity index is 1.97. The van der Waals surface area contributed by atoms with Crippen molar-refractivity contribution in [2.75, 3.05) is 5.32 Å². The molecule has 0 aromatic heterocycles. The third kappa shape index (κ3) is 3.94. The van der Waals surface area contributed by atoms with E-state index in [-0.39, 0.29) is 5.91 Å². The fourth-order valence-electron chi connectivity index (χ4n) is 2.60. The molecule has 0 aliphatic carbocycles. The van der Waals surface area contributed by atoms with Gasteiger partial charge in [0.05, 0.1) is 5.56 Å². The molecule has 0 aliphatic heterocycles. The summed E-state index contributed by atoms with van der Waals surface area (Å²) >= 11 is 0. The maximum atomic E-state index is 12.8. The van der Waals surface area contributed by atoms with Gasteiger partial charge in [-0.25, -0.2) is 0 Å². The third-order valence-corrected chi connectivity index (χ3v) is 3.92. The third-order valence-electron chi connectivity index (χ3n) is 3.92. The zero-order valence-corrected chi connectivity index (χ0v) is 13.9. The van der Waals surface area contributed by atoms with Crippen molar-refractivity contribution >= 4 is 11.6 Å². The summed E-state index contributed by atoms with van der Waals surface area (Å²) in [6.07, 6.45) is -4.39. The maximum Gasteiger partial charge on any atom is 0.416 e. The molecule has 1 N–H and O–H groups in total. The van der Waals surface area contributed by atoms with E-state index >= 15 is 0 Å². The molecule has 1 radical (unpaired) electrons. The standard InChI is InChI=1S/C21H15F3NO/c1-14-7-12-18(20(26)25-17-5-3-2-4-6-17)19(13-14)15-8-10-16(11-9-15)21(22,23)24/h3-13H,1H3,(H,25,26). The van der Waals surface area contributed by atoms with E-state index in [2.05, 4.69) is 11.4 Å². The molecule has 3 aromatic rings. The van der Waals surface area contributed by atoms with Crippen molar-refractivity contribution in [3.63, 3.8) is 0 Å². The second-order valence-corrected chi connectivity index (χ2v) is 5.87. The highest BCUT2D eigenvalue weighted by atomic mass is 19.4. The zero-order valence-electron chi connectivity index (χ0n) is 13.9. The van der Waals surface area contributed by atoms with Crippen LogP contribution in [-0.4, -0.2) is 5.91 Å². The molecule has 5 heteroatoms. The number of nitrogens with one attached hydrogen (secondary N) is 1. The van der Waals surface area contributed by atoms with Crippen molar-refractivity contribution in [2.45, 2.75) is 13.1 Å². The van der Waals surface area contributed by atoms with E-state index in [1.165, 1.54) is 12.1 Å². The monoisotopic (exact) mass is 354 g/mol. The number of hydrogen-bond acceptors (Lipinski definition) is 1. The number of amides is 1. The molecular weight excluding hydrogens is 339 g/mol. The first-order valence-electron chi connectivity index (χ1n) is 7.90. The van der Waals surface area contributed by atoms with Crippen LogP contribution in [0.15, 0.2) is 66.7 Å². The number of carbonyl (C=O) groups excluding carboxylic acids is 1. The lowest BCUT2D eigenvalue weighted by Crippen LogP contribution is -2.13. The van der Waals surface area contributed by atoms with Gasteiger partial charge in [-0.3, -0.25) is 4.79 Å². The van der Waals surface area contributed by atoms with E-state index in [9.17, 15) is 18.0 Å². The number of carbonyl (C=O) groups is 1. The maximum absolute atomic E-state index is 12.8. The summed E-state index contributed by atoms with van der Waals surface area (Å²) in [6, 6.07) is 19.7. The van der Waals surface area contributed by atoms with Gasteiger partial charge in [0.2, 0.25) is 0 Å². The molecule has 0 heterocycles. The fraction of sp³-hybridized carbons (Fsp3) is 0.0952. The van der Waals surface area contributed by atoms with E-state index in [0.717, 1.165) is 17.7 Å². The summed E-state index contributed by atoms with van der Waals surface area (Å²) in [5.41, 5.74) is 2.33. The molecule has 1 amide bonds. The number of hydrogen-bond donors (Lipinski definition) is 1. The molecule has 0 unspecified atom stereocenters. The average molecular weight is 354 g/mol. The Morgan fingerprint density at radius 2 is 1.62 bits per heavy atom. The Morgan fingerprint density at radius 1 is 0.962 bits per heavy atom. The minimum Gasteiger partial charge on any atom is -0.322 e. The fourth-order valence-corrected chi connectivity index (χ4v) is 2.60. The van der Waals surface area contributed by atoms with E-state index in [1.54, 1.807) is 42.5 Å². The normalized spacial score (nSPS) is 11.2. The summed E-state index contributed by atoms with van der Waals surface area (Å²) in [4.78, 5) is 12.6. The molecule has 131 valence electrons. The summed E-state index contributed by atoms with van der Waals surface area (Å²) < 4.78 is 38.3. The first-order chi connectivity index (χ1) is 12.3. The summed E-state index contributed by atoms with van der Waals surface area (Å²) in [5, 5.41) is 2.78. The van der Waals surface area contributed by atoms with E-state index in [4.69, 9.17) is 0 Å². The van der Waals surface area contributed by atoms with Crippen LogP contribution >= 0.6 is 0 Å². The number of alkyl halides is 3. The molecule has 0 bridgehead atoms. The van der Waals surface area contributed by atoms with Gasteiger partial charge in [0, 0.05) is 11.3 Å². The van der Waals surface area contributed by atoms with E-state index in [1.807, 2.05) is 6.92 Å². The Labute approximate surface area is 149 Å². The lowest BCUT2D eigenvalue weighted by molar-refractivity contribution is -0.137. The topological polar surface area (TPSA) is 29.1 Å². The van der Waals surface area contributed by atoms with E-state index in [0.29, 0.717) is 22.4 Å². The molecule has 0 aliphatic rings. The van der Waals surface area contributed by atoms with Crippen LogP contribution in [0.4, 0.5) is 18.9 Å². The SMILES string of the molecule is Cc1ccc(C(=O)Nc2cc[c]cc2)c(-c2ccc(C(F)(F)F)cc2)c1. The van der Waals surface area contributed by atoms with Gasteiger partial charge in [-0.1, -0.05) is 42.0 Å². The molecule has 0 saturated heterocycles.